The molecule has 1 unspecified atom stereocenters. The van der Waals surface area contributed by atoms with Crippen molar-refractivity contribution in [3.63, 3.8) is 0 Å². The number of para-hydroxylation sites is 1. The smallest absolute Gasteiger partial charge is 0.287 e. The predicted molar refractivity (Wildman–Crippen MR) is 100 cm³/mol. The molecule has 1 amide bonds. The molecule has 0 fully saturated rings. The lowest BCUT2D eigenvalue weighted by molar-refractivity contribution is 0.0912. The highest BCUT2D eigenvalue weighted by atomic mass is 16.3. The van der Waals surface area contributed by atoms with Crippen molar-refractivity contribution in [3.8, 4) is 0 Å². The molecule has 4 rings (SSSR count). The molecule has 5 heteroatoms. The quantitative estimate of drug-likeness (QED) is 0.571. The number of furan rings is 2. The average molecular weight is 348 g/mol. The van der Waals surface area contributed by atoms with Gasteiger partial charge in [0.1, 0.15) is 11.3 Å². The number of pyridine rings is 1. The first-order valence-corrected chi connectivity index (χ1v) is 8.74. The van der Waals surface area contributed by atoms with Gasteiger partial charge in [-0.15, -0.1) is 0 Å². The molecule has 5 nitrogen and oxygen atoms in total. The molecular weight excluding hydrogens is 328 g/mol. The van der Waals surface area contributed by atoms with Crippen LogP contribution >= 0.6 is 0 Å². The standard InChI is InChI=1S/C21H20N2O3/c1-13(9-10-15-6-5-11-25-15)22-21(24)19-12-17-14(2)23-18-8-4-3-7-16(18)20(17)26-19/h3-8,11-13H,9-10H2,1-2H3,(H,22,24). The molecule has 132 valence electrons. The lowest BCUT2D eigenvalue weighted by atomic mass is 10.1. The van der Waals surface area contributed by atoms with Crippen LogP contribution in [0.1, 0.15) is 35.4 Å². The van der Waals surface area contributed by atoms with Gasteiger partial charge < -0.3 is 14.2 Å². The van der Waals surface area contributed by atoms with Gasteiger partial charge in [0.15, 0.2) is 5.76 Å². The molecular formula is C21H20N2O3. The molecule has 1 atom stereocenters. The number of hydrogen-bond donors (Lipinski definition) is 1. The molecule has 0 aliphatic carbocycles. The van der Waals surface area contributed by atoms with Gasteiger partial charge in [-0.05, 0) is 50.6 Å². The highest BCUT2D eigenvalue weighted by molar-refractivity contribution is 6.06. The number of nitrogens with zero attached hydrogens (tertiary/aromatic N) is 1. The maximum Gasteiger partial charge on any atom is 0.287 e. The highest BCUT2D eigenvalue weighted by Crippen LogP contribution is 2.29. The third-order valence-corrected chi connectivity index (χ3v) is 4.56. The summed E-state index contributed by atoms with van der Waals surface area (Å²) in [5.74, 6) is 1.02. The van der Waals surface area contributed by atoms with Crippen LogP contribution in [0, 0.1) is 6.92 Å². The fourth-order valence-electron chi connectivity index (χ4n) is 3.16. The normalized spacial score (nSPS) is 12.5. The van der Waals surface area contributed by atoms with Crippen molar-refractivity contribution in [1.29, 1.82) is 0 Å². The number of nitrogens with one attached hydrogen (secondary N) is 1. The molecule has 3 heterocycles. The molecule has 0 radical (unpaired) electrons. The summed E-state index contributed by atoms with van der Waals surface area (Å²) in [6.07, 6.45) is 3.24. The number of carbonyl (C=O) groups excluding carboxylic acids is 1. The number of benzene rings is 1. The summed E-state index contributed by atoms with van der Waals surface area (Å²) in [5.41, 5.74) is 2.43. The minimum atomic E-state index is -0.211. The summed E-state index contributed by atoms with van der Waals surface area (Å²) in [7, 11) is 0. The molecule has 1 aromatic carbocycles. The Kier molecular flexibility index (Phi) is 4.21. The molecule has 1 N–H and O–H groups in total. The van der Waals surface area contributed by atoms with Gasteiger partial charge in [-0.2, -0.15) is 0 Å². The van der Waals surface area contributed by atoms with Crippen molar-refractivity contribution in [2.24, 2.45) is 0 Å². The topological polar surface area (TPSA) is 68.3 Å². The monoisotopic (exact) mass is 348 g/mol. The molecule has 0 aliphatic rings. The third-order valence-electron chi connectivity index (χ3n) is 4.56. The molecule has 4 aromatic rings. The molecule has 0 aliphatic heterocycles. The van der Waals surface area contributed by atoms with Crippen LogP contribution in [0.15, 0.2) is 57.6 Å². The van der Waals surface area contributed by atoms with Crippen LogP contribution in [0.4, 0.5) is 0 Å². The first-order valence-electron chi connectivity index (χ1n) is 8.74. The van der Waals surface area contributed by atoms with E-state index in [0.29, 0.717) is 11.3 Å². The van der Waals surface area contributed by atoms with Crippen LogP contribution in [0.3, 0.4) is 0 Å². The Morgan fingerprint density at radius 3 is 2.85 bits per heavy atom. The molecule has 0 saturated carbocycles. The van der Waals surface area contributed by atoms with Gasteiger partial charge in [0.05, 0.1) is 11.8 Å². The van der Waals surface area contributed by atoms with Gasteiger partial charge in [-0.25, -0.2) is 0 Å². The maximum atomic E-state index is 12.6. The number of hydrogen-bond acceptors (Lipinski definition) is 4. The fraction of sp³-hybridized carbons (Fsp3) is 0.238. The Hall–Kier alpha value is -3.08. The zero-order valence-electron chi connectivity index (χ0n) is 14.8. The van der Waals surface area contributed by atoms with Crippen LogP contribution in [0.2, 0.25) is 0 Å². The van der Waals surface area contributed by atoms with E-state index in [1.807, 2.05) is 50.2 Å². The van der Waals surface area contributed by atoms with Crippen molar-refractivity contribution in [3.05, 3.63) is 65.9 Å². The van der Waals surface area contributed by atoms with E-state index in [-0.39, 0.29) is 11.9 Å². The lowest BCUT2D eigenvalue weighted by Crippen LogP contribution is -2.32. The third kappa shape index (κ3) is 3.08. The van der Waals surface area contributed by atoms with Gasteiger partial charge in [0, 0.05) is 28.9 Å². The van der Waals surface area contributed by atoms with Crippen molar-refractivity contribution in [1.82, 2.24) is 10.3 Å². The van der Waals surface area contributed by atoms with Gasteiger partial charge in [-0.1, -0.05) is 12.1 Å². The summed E-state index contributed by atoms with van der Waals surface area (Å²) in [5, 5.41) is 4.78. The Balaban J connectivity index is 1.55. The summed E-state index contributed by atoms with van der Waals surface area (Å²) >= 11 is 0. The Morgan fingerprint density at radius 1 is 1.19 bits per heavy atom. The molecule has 0 saturated heterocycles. The summed E-state index contributed by atoms with van der Waals surface area (Å²) < 4.78 is 11.2. The van der Waals surface area contributed by atoms with Crippen molar-refractivity contribution in [2.75, 3.05) is 0 Å². The predicted octanol–water partition coefficient (Wildman–Crippen LogP) is 4.63. The number of aromatic nitrogens is 1. The van der Waals surface area contributed by atoms with E-state index >= 15 is 0 Å². The van der Waals surface area contributed by atoms with Gasteiger partial charge in [0.25, 0.3) is 5.91 Å². The largest absolute Gasteiger partial charge is 0.469 e. The second kappa shape index (κ2) is 6.67. The SMILES string of the molecule is Cc1nc2ccccc2c2oc(C(=O)NC(C)CCc3ccco3)cc12. The highest BCUT2D eigenvalue weighted by Gasteiger charge is 2.18. The first kappa shape index (κ1) is 16.4. The van der Waals surface area contributed by atoms with Crippen LogP contribution in [-0.2, 0) is 6.42 Å². The number of fused-ring (bicyclic) bond motifs is 3. The number of amides is 1. The van der Waals surface area contributed by atoms with E-state index in [1.165, 1.54) is 0 Å². The van der Waals surface area contributed by atoms with Crippen LogP contribution in [0.5, 0.6) is 0 Å². The number of aryl methyl sites for hydroxylation is 2. The minimum absolute atomic E-state index is 0.0109. The van der Waals surface area contributed by atoms with E-state index in [0.717, 1.165) is 40.6 Å². The van der Waals surface area contributed by atoms with Gasteiger partial charge in [0.2, 0.25) is 0 Å². The Morgan fingerprint density at radius 2 is 2.04 bits per heavy atom. The second-order valence-electron chi connectivity index (χ2n) is 6.56. The zero-order chi connectivity index (χ0) is 18.1. The van der Waals surface area contributed by atoms with Crippen LogP contribution < -0.4 is 5.32 Å². The maximum absolute atomic E-state index is 12.6. The van der Waals surface area contributed by atoms with Crippen LogP contribution in [0.25, 0.3) is 21.9 Å². The number of rotatable bonds is 5. The molecule has 26 heavy (non-hydrogen) atoms. The summed E-state index contributed by atoms with van der Waals surface area (Å²) in [4.78, 5) is 17.2. The van der Waals surface area contributed by atoms with Crippen molar-refractivity contribution >= 4 is 27.8 Å². The van der Waals surface area contributed by atoms with Crippen LogP contribution in [-0.4, -0.2) is 16.9 Å². The zero-order valence-corrected chi connectivity index (χ0v) is 14.8. The minimum Gasteiger partial charge on any atom is -0.469 e. The molecule has 0 spiro atoms. The summed E-state index contributed by atoms with van der Waals surface area (Å²) in [6.45, 7) is 3.91. The second-order valence-corrected chi connectivity index (χ2v) is 6.56. The van der Waals surface area contributed by atoms with Gasteiger partial charge >= 0.3 is 0 Å². The lowest BCUT2D eigenvalue weighted by Gasteiger charge is -2.11. The Bertz CT molecular complexity index is 1060. The average Bonchev–Trinajstić information content (AvgIpc) is 3.30. The first-order chi connectivity index (χ1) is 12.6. The van der Waals surface area contributed by atoms with E-state index in [1.54, 1.807) is 12.3 Å². The van der Waals surface area contributed by atoms with Crippen molar-refractivity contribution in [2.45, 2.75) is 32.7 Å². The molecule has 3 aromatic heterocycles. The van der Waals surface area contributed by atoms with E-state index in [4.69, 9.17) is 8.83 Å². The molecule has 0 bridgehead atoms. The van der Waals surface area contributed by atoms with E-state index in [9.17, 15) is 4.79 Å². The fourth-order valence-corrected chi connectivity index (χ4v) is 3.16. The van der Waals surface area contributed by atoms with Gasteiger partial charge in [-0.3, -0.25) is 9.78 Å². The van der Waals surface area contributed by atoms with E-state index in [2.05, 4.69) is 10.3 Å². The Labute approximate surface area is 151 Å². The number of carbonyl (C=O) groups is 1. The van der Waals surface area contributed by atoms with Crippen molar-refractivity contribution < 1.29 is 13.6 Å². The summed E-state index contributed by atoms with van der Waals surface area (Å²) in [6, 6.07) is 13.4. The van der Waals surface area contributed by atoms with E-state index < -0.39 is 0 Å².